The Morgan fingerprint density at radius 2 is 1.79 bits per heavy atom. The SMILES string of the molecule is Cc1ccc(CNC(=O)c2ccc(Br)c(C)c2)cc1. The van der Waals surface area contributed by atoms with Crippen molar-refractivity contribution in [3.63, 3.8) is 0 Å². The zero-order chi connectivity index (χ0) is 13.8. The maximum atomic E-state index is 12.0. The molecule has 2 nitrogen and oxygen atoms in total. The van der Waals surface area contributed by atoms with E-state index in [1.54, 1.807) is 0 Å². The summed E-state index contributed by atoms with van der Waals surface area (Å²) in [6.45, 7) is 4.57. The zero-order valence-electron chi connectivity index (χ0n) is 11.0. The average Bonchev–Trinajstić information content (AvgIpc) is 2.41. The Bertz CT molecular complexity index is 590. The lowest BCUT2D eigenvalue weighted by Crippen LogP contribution is -2.22. The Balaban J connectivity index is 2.01. The van der Waals surface area contributed by atoms with Crippen LogP contribution in [-0.4, -0.2) is 5.91 Å². The van der Waals surface area contributed by atoms with Crippen LogP contribution in [0.4, 0.5) is 0 Å². The Hall–Kier alpha value is -1.61. The van der Waals surface area contributed by atoms with Crippen LogP contribution in [0.15, 0.2) is 46.9 Å². The van der Waals surface area contributed by atoms with Gasteiger partial charge in [0.25, 0.3) is 5.91 Å². The van der Waals surface area contributed by atoms with E-state index in [9.17, 15) is 4.79 Å². The summed E-state index contributed by atoms with van der Waals surface area (Å²) >= 11 is 3.43. The molecule has 0 aliphatic rings. The van der Waals surface area contributed by atoms with Crippen LogP contribution >= 0.6 is 15.9 Å². The van der Waals surface area contributed by atoms with Crippen LogP contribution in [0.2, 0.25) is 0 Å². The third kappa shape index (κ3) is 3.67. The topological polar surface area (TPSA) is 29.1 Å². The molecular formula is C16H16BrNO. The highest BCUT2D eigenvalue weighted by atomic mass is 79.9. The number of aryl methyl sites for hydroxylation is 2. The molecule has 1 N–H and O–H groups in total. The molecule has 2 aromatic carbocycles. The number of carbonyl (C=O) groups is 1. The van der Waals surface area contributed by atoms with Crippen molar-refractivity contribution in [2.24, 2.45) is 0 Å². The van der Waals surface area contributed by atoms with Gasteiger partial charge in [0.15, 0.2) is 0 Å². The van der Waals surface area contributed by atoms with Gasteiger partial charge in [-0.2, -0.15) is 0 Å². The lowest BCUT2D eigenvalue weighted by Gasteiger charge is -2.07. The van der Waals surface area contributed by atoms with Crippen molar-refractivity contribution in [3.05, 3.63) is 69.2 Å². The Labute approximate surface area is 122 Å². The first kappa shape index (κ1) is 13.8. The van der Waals surface area contributed by atoms with E-state index in [1.807, 2.05) is 56.3 Å². The van der Waals surface area contributed by atoms with Crippen LogP contribution in [0, 0.1) is 13.8 Å². The third-order valence-corrected chi connectivity index (χ3v) is 3.88. The zero-order valence-corrected chi connectivity index (χ0v) is 12.6. The van der Waals surface area contributed by atoms with Gasteiger partial charge in [0.05, 0.1) is 0 Å². The second-order valence-corrected chi connectivity index (χ2v) is 5.49. The molecule has 3 heteroatoms. The van der Waals surface area contributed by atoms with E-state index >= 15 is 0 Å². The van der Waals surface area contributed by atoms with Crippen LogP contribution in [0.3, 0.4) is 0 Å². The first-order valence-corrected chi connectivity index (χ1v) is 6.95. The summed E-state index contributed by atoms with van der Waals surface area (Å²) in [5.41, 5.74) is 4.07. The van der Waals surface area contributed by atoms with E-state index < -0.39 is 0 Å². The molecule has 0 heterocycles. The van der Waals surface area contributed by atoms with Gasteiger partial charge >= 0.3 is 0 Å². The quantitative estimate of drug-likeness (QED) is 0.911. The Kier molecular flexibility index (Phi) is 4.38. The number of benzene rings is 2. The van der Waals surface area contributed by atoms with Gasteiger partial charge in [0.2, 0.25) is 0 Å². The predicted molar refractivity (Wildman–Crippen MR) is 81.2 cm³/mol. The number of carbonyl (C=O) groups excluding carboxylic acids is 1. The van der Waals surface area contributed by atoms with Gasteiger partial charge in [-0.3, -0.25) is 4.79 Å². The first-order chi connectivity index (χ1) is 9.06. The van der Waals surface area contributed by atoms with Crippen molar-refractivity contribution in [3.8, 4) is 0 Å². The number of rotatable bonds is 3. The summed E-state index contributed by atoms with van der Waals surface area (Å²) in [4.78, 5) is 12.0. The molecule has 0 unspecified atom stereocenters. The van der Waals surface area contributed by atoms with Crippen LogP contribution < -0.4 is 5.32 Å². The first-order valence-electron chi connectivity index (χ1n) is 6.16. The second-order valence-electron chi connectivity index (χ2n) is 4.63. The smallest absolute Gasteiger partial charge is 0.251 e. The minimum Gasteiger partial charge on any atom is -0.348 e. The normalized spacial score (nSPS) is 10.3. The van der Waals surface area contributed by atoms with Crippen molar-refractivity contribution in [2.75, 3.05) is 0 Å². The molecule has 0 saturated heterocycles. The van der Waals surface area contributed by atoms with Crippen LogP contribution in [0.1, 0.15) is 27.0 Å². The minimum atomic E-state index is -0.0452. The fourth-order valence-electron chi connectivity index (χ4n) is 1.78. The maximum Gasteiger partial charge on any atom is 0.251 e. The maximum absolute atomic E-state index is 12.0. The molecule has 0 bridgehead atoms. The fourth-order valence-corrected chi connectivity index (χ4v) is 2.02. The molecule has 2 aromatic rings. The second kappa shape index (κ2) is 6.02. The molecule has 0 radical (unpaired) electrons. The van der Waals surface area contributed by atoms with Crippen LogP contribution in [0.5, 0.6) is 0 Å². The van der Waals surface area contributed by atoms with E-state index in [-0.39, 0.29) is 5.91 Å². The van der Waals surface area contributed by atoms with E-state index in [4.69, 9.17) is 0 Å². The number of hydrogen-bond acceptors (Lipinski definition) is 1. The molecule has 0 saturated carbocycles. The molecule has 0 fully saturated rings. The van der Waals surface area contributed by atoms with Crippen molar-refractivity contribution in [2.45, 2.75) is 20.4 Å². The molecule has 0 spiro atoms. The Morgan fingerprint density at radius 3 is 2.42 bits per heavy atom. The number of halogens is 1. The molecule has 0 aliphatic heterocycles. The van der Waals surface area contributed by atoms with E-state index in [2.05, 4.69) is 21.2 Å². The monoisotopic (exact) mass is 317 g/mol. The molecule has 98 valence electrons. The van der Waals surface area contributed by atoms with Gasteiger partial charge in [-0.05, 0) is 43.2 Å². The van der Waals surface area contributed by atoms with Gasteiger partial charge < -0.3 is 5.32 Å². The fraction of sp³-hybridized carbons (Fsp3) is 0.188. The standard InChI is InChI=1S/C16H16BrNO/c1-11-3-5-13(6-4-11)10-18-16(19)14-7-8-15(17)12(2)9-14/h3-9H,10H2,1-2H3,(H,18,19). The summed E-state index contributed by atoms with van der Waals surface area (Å²) in [6, 6.07) is 13.8. The molecule has 0 aromatic heterocycles. The molecule has 2 rings (SSSR count). The summed E-state index contributed by atoms with van der Waals surface area (Å²) in [6.07, 6.45) is 0. The molecule has 0 atom stereocenters. The van der Waals surface area contributed by atoms with Crippen molar-refractivity contribution >= 4 is 21.8 Å². The summed E-state index contributed by atoms with van der Waals surface area (Å²) < 4.78 is 1.02. The summed E-state index contributed by atoms with van der Waals surface area (Å²) in [7, 11) is 0. The van der Waals surface area contributed by atoms with Crippen molar-refractivity contribution in [1.82, 2.24) is 5.32 Å². The predicted octanol–water partition coefficient (Wildman–Crippen LogP) is 4.00. The molecule has 1 amide bonds. The van der Waals surface area contributed by atoms with Gasteiger partial charge in [0.1, 0.15) is 0 Å². The van der Waals surface area contributed by atoms with Gasteiger partial charge in [0, 0.05) is 16.6 Å². The van der Waals surface area contributed by atoms with Gasteiger partial charge in [-0.1, -0.05) is 45.8 Å². The summed E-state index contributed by atoms with van der Waals surface area (Å²) in [5, 5.41) is 2.93. The summed E-state index contributed by atoms with van der Waals surface area (Å²) in [5.74, 6) is -0.0452. The van der Waals surface area contributed by atoms with Gasteiger partial charge in [-0.15, -0.1) is 0 Å². The lowest BCUT2D eigenvalue weighted by molar-refractivity contribution is 0.0951. The number of amides is 1. The van der Waals surface area contributed by atoms with E-state index in [1.165, 1.54) is 5.56 Å². The van der Waals surface area contributed by atoms with Gasteiger partial charge in [-0.25, -0.2) is 0 Å². The van der Waals surface area contributed by atoms with E-state index in [0.717, 1.165) is 15.6 Å². The van der Waals surface area contributed by atoms with Crippen LogP contribution in [0.25, 0.3) is 0 Å². The van der Waals surface area contributed by atoms with Crippen molar-refractivity contribution < 1.29 is 4.79 Å². The number of nitrogens with one attached hydrogen (secondary N) is 1. The number of hydrogen-bond donors (Lipinski definition) is 1. The van der Waals surface area contributed by atoms with Crippen LogP contribution in [-0.2, 0) is 6.54 Å². The lowest BCUT2D eigenvalue weighted by atomic mass is 10.1. The Morgan fingerprint density at radius 1 is 1.11 bits per heavy atom. The highest BCUT2D eigenvalue weighted by Crippen LogP contribution is 2.17. The minimum absolute atomic E-state index is 0.0452. The largest absolute Gasteiger partial charge is 0.348 e. The highest BCUT2D eigenvalue weighted by Gasteiger charge is 2.06. The molecule has 19 heavy (non-hydrogen) atoms. The van der Waals surface area contributed by atoms with Crippen molar-refractivity contribution in [1.29, 1.82) is 0 Å². The molecule has 0 aliphatic carbocycles. The van der Waals surface area contributed by atoms with E-state index in [0.29, 0.717) is 12.1 Å². The third-order valence-electron chi connectivity index (χ3n) is 2.99. The molecular weight excluding hydrogens is 302 g/mol. The highest BCUT2D eigenvalue weighted by molar-refractivity contribution is 9.10. The average molecular weight is 318 g/mol.